The van der Waals surface area contributed by atoms with Crippen molar-refractivity contribution in [1.82, 2.24) is 5.32 Å². The molecular weight excluding hydrogens is 266 g/mol. The molecule has 0 fully saturated rings. The Morgan fingerprint density at radius 2 is 1.90 bits per heavy atom. The zero-order chi connectivity index (χ0) is 16.0. The zero-order valence-electron chi connectivity index (χ0n) is 14.1. The molecule has 1 aromatic carbocycles. The lowest BCUT2D eigenvalue weighted by molar-refractivity contribution is 0.104. The summed E-state index contributed by atoms with van der Waals surface area (Å²) in [6, 6.07) is 6.13. The summed E-state index contributed by atoms with van der Waals surface area (Å²) in [7, 11) is 1.67. The number of methoxy groups -OCH3 is 1. The van der Waals surface area contributed by atoms with Crippen molar-refractivity contribution in [3.05, 3.63) is 23.8 Å². The van der Waals surface area contributed by atoms with E-state index in [1.807, 2.05) is 32.0 Å². The minimum Gasteiger partial charge on any atom is -0.496 e. The summed E-state index contributed by atoms with van der Waals surface area (Å²) in [5, 5.41) is 13.1. The molecule has 1 atom stereocenters. The lowest BCUT2D eigenvalue weighted by Crippen LogP contribution is -2.35. The van der Waals surface area contributed by atoms with Gasteiger partial charge in [0.1, 0.15) is 24.2 Å². The number of benzene rings is 1. The second-order valence-corrected chi connectivity index (χ2v) is 6.64. The van der Waals surface area contributed by atoms with Gasteiger partial charge in [-0.2, -0.15) is 0 Å². The number of ether oxygens (including phenoxy) is 2. The van der Waals surface area contributed by atoms with Crippen molar-refractivity contribution in [2.45, 2.75) is 52.2 Å². The first-order chi connectivity index (χ1) is 9.74. The van der Waals surface area contributed by atoms with Crippen LogP contribution in [0.25, 0.3) is 0 Å². The van der Waals surface area contributed by atoms with Gasteiger partial charge >= 0.3 is 0 Å². The Balaban J connectivity index is 2.68. The maximum absolute atomic E-state index is 9.88. The molecule has 0 spiro atoms. The van der Waals surface area contributed by atoms with Crippen molar-refractivity contribution in [2.24, 2.45) is 0 Å². The molecule has 4 nitrogen and oxygen atoms in total. The Morgan fingerprint density at radius 1 is 1.24 bits per heavy atom. The third-order valence-corrected chi connectivity index (χ3v) is 3.18. The normalized spacial score (nSPS) is 13.3. The van der Waals surface area contributed by atoms with Crippen LogP contribution in [0.1, 0.15) is 40.2 Å². The molecule has 0 saturated carbocycles. The van der Waals surface area contributed by atoms with E-state index in [0.29, 0.717) is 12.6 Å². The Labute approximate surface area is 128 Å². The van der Waals surface area contributed by atoms with Crippen LogP contribution in [0.4, 0.5) is 0 Å². The van der Waals surface area contributed by atoms with Crippen LogP contribution in [0.5, 0.6) is 11.5 Å². The number of aliphatic hydroxyl groups excluding tert-OH is 1. The minimum atomic E-state index is -0.521. The molecular formula is C17H29NO3. The standard InChI is InChI=1S/C17H29NO3/c1-12(2)18-10-13(19)11-21-14-7-8-16(20-6)15(9-14)17(3,4)5/h7-9,12-13,18-19H,10-11H2,1-6H3. The summed E-state index contributed by atoms with van der Waals surface area (Å²) in [6.07, 6.45) is -0.521. The van der Waals surface area contributed by atoms with Crippen molar-refractivity contribution >= 4 is 0 Å². The van der Waals surface area contributed by atoms with Gasteiger partial charge in [-0.1, -0.05) is 34.6 Å². The molecule has 2 N–H and O–H groups in total. The van der Waals surface area contributed by atoms with Crippen LogP contribution in [0, 0.1) is 0 Å². The van der Waals surface area contributed by atoms with Crippen LogP contribution in [0.2, 0.25) is 0 Å². The molecule has 4 heteroatoms. The Morgan fingerprint density at radius 3 is 2.43 bits per heavy atom. The Bertz CT molecular complexity index is 438. The maximum Gasteiger partial charge on any atom is 0.122 e. The lowest BCUT2D eigenvalue weighted by atomic mass is 9.86. The van der Waals surface area contributed by atoms with Gasteiger partial charge in [0.15, 0.2) is 0 Å². The fourth-order valence-electron chi connectivity index (χ4n) is 1.99. The molecule has 120 valence electrons. The van der Waals surface area contributed by atoms with Gasteiger partial charge in [-0.25, -0.2) is 0 Å². The van der Waals surface area contributed by atoms with E-state index >= 15 is 0 Å². The molecule has 0 aliphatic rings. The summed E-state index contributed by atoms with van der Waals surface area (Å²) >= 11 is 0. The minimum absolute atomic E-state index is 0.0253. The van der Waals surface area contributed by atoms with Crippen LogP contribution in [-0.4, -0.2) is 37.5 Å². The SMILES string of the molecule is COc1ccc(OCC(O)CNC(C)C)cc1C(C)(C)C. The summed E-state index contributed by atoms with van der Waals surface area (Å²) in [6.45, 7) is 11.3. The first-order valence-electron chi connectivity index (χ1n) is 7.46. The molecule has 0 aliphatic heterocycles. The van der Waals surface area contributed by atoms with E-state index in [0.717, 1.165) is 17.1 Å². The quantitative estimate of drug-likeness (QED) is 0.812. The average molecular weight is 295 g/mol. The molecule has 1 rings (SSSR count). The Hall–Kier alpha value is -1.26. The summed E-state index contributed by atoms with van der Waals surface area (Å²) in [5.41, 5.74) is 1.07. The molecule has 0 amide bonds. The van der Waals surface area contributed by atoms with Crippen molar-refractivity contribution in [3.63, 3.8) is 0 Å². The first-order valence-corrected chi connectivity index (χ1v) is 7.46. The number of hydrogen-bond acceptors (Lipinski definition) is 4. The third kappa shape index (κ3) is 5.94. The monoisotopic (exact) mass is 295 g/mol. The van der Waals surface area contributed by atoms with E-state index in [-0.39, 0.29) is 12.0 Å². The van der Waals surface area contributed by atoms with Gasteiger partial charge in [0, 0.05) is 18.2 Å². The largest absolute Gasteiger partial charge is 0.496 e. The highest BCUT2D eigenvalue weighted by Crippen LogP contribution is 2.34. The van der Waals surface area contributed by atoms with E-state index in [2.05, 4.69) is 26.1 Å². The highest BCUT2D eigenvalue weighted by molar-refractivity contribution is 5.44. The maximum atomic E-state index is 9.88. The van der Waals surface area contributed by atoms with E-state index in [1.54, 1.807) is 7.11 Å². The molecule has 1 unspecified atom stereocenters. The Kier molecular flexibility index (Phi) is 6.49. The molecule has 1 aromatic rings. The summed E-state index contributed by atoms with van der Waals surface area (Å²) in [5.74, 6) is 1.61. The fraction of sp³-hybridized carbons (Fsp3) is 0.647. The average Bonchev–Trinajstić information content (AvgIpc) is 2.41. The van der Waals surface area contributed by atoms with Crippen LogP contribution in [0.3, 0.4) is 0 Å². The van der Waals surface area contributed by atoms with Crippen LogP contribution >= 0.6 is 0 Å². The molecule has 21 heavy (non-hydrogen) atoms. The van der Waals surface area contributed by atoms with Gasteiger partial charge in [0.2, 0.25) is 0 Å². The second-order valence-electron chi connectivity index (χ2n) is 6.64. The third-order valence-electron chi connectivity index (χ3n) is 3.18. The van der Waals surface area contributed by atoms with Crippen molar-refractivity contribution in [1.29, 1.82) is 0 Å². The smallest absolute Gasteiger partial charge is 0.122 e. The highest BCUT2D eigenvalue weighted by atomic mass is 16.5. The summed E-state index contributed by atoms with van der Waals surface area (Å²) in [4.78, 5) is 0. The predicted octanol–water partition coefficient (Wildman–Crippen LogP) is 2.73. The number of aliphatic hydroxyl groups is 1. The predicted molar refractivity (Wildman–Crippen MR) is 86.3 cm³/mol. The zero-order valence-corrected chi connectivity index (χ0v) is 14.1. The number of nitrogens with one attached hydrogen (secondary N) is 1. The van der Waals surface area contributed by atoms with Crippen molar-refractivity contribution in [3.8, 4) is 11.5 Å². The topological polar surface area (TPSA) is 50.7 Å². The molecule has 0 radical (unpaired) electrons. The molecule has 0 heterocycles. The number of hydrogen-bond donors (Lipinski definition) is 2. The van der Waals surface area contributed by atoms with Gasteiger partial charge in [-0.3, -0.25) is 0 Å². The fourth-order valence-corrected chi connectivity index (χ4v) is 1.99. The van der Waals surface area contributed by atoms with Crippen molar-refractivity contribution < 1.29 is 14.6 Å². The van der Waals surface area contributed by atoms with Crippen LogP contribution < -0.4 is 14.8 Å². The van der Waals surface area contributed by atoms with Gasteiger partial charge in [-0.15, -0.1) is 0 Å². The molecule has 0 aliphatic carbocycles. The van der Waals surface area contributed by atoms with Gasteiger partial charge in [0.25, 0.3) is 0 Å². The molecule has 0 aromatic heterocycles. The molecule has 0 bridgehead atoms. The second kappa shape index (κ2) is 7.66. The van der Waals surface area contributed by atoms with E-state index in [1.165, 1.54) is 0 Å². The van der Waals surface area contributed by atoms with Crippen LogP contribution in [0.15, 0.2) is 18.2 Å². The number of rotatable bonds is 7. The van der Waals surface area contributed by atoms with E-state index in [4.69, 9.17) is 9.47 Å². The summed E-state index contributed by atoms with van der Waals surface area (Å²) < 4.78 is 11.1. The lowest BCUT2D eigenvalue weighted by Gasteiger charge is -2.23. The van der Waals surface area contributed by atoms with E-state index < -0.39 is 6.10 Å². The highest BCUT2D eigenvalue weighted by Gasteiger charge is 2.19. The molecule has 0 saturated heterocycles. The van der Waals surface area contributed by atoms with Crippen LogP contribution in [-0.2, 0) is 5.41 Å². The van der Waals surface area contributed by atoms with Gasteiger partial charge in [-0.05, 0) is 23.6 Å². The first kappa shape index (κ1) is 17.8. The van der Waals surface area contributed by atoms with Gasteiger partial charge in [0.05, 0.1) is 7.11 Å². The van der Waals surface area contributed by atoms with Gasteiger partial charge < -0.3 is 19.9 Å². The van der Waals surface area contributed by atoms with E-state index in [9.17, 15) is 5.11 Å². The van der Waals surface area contributed by atoms with Crippen molar-refractivity contribution in [2.75, 3.05) is 20.3 Å².